The maximum Gasteiger partial charge on any atom is 0.122 e. The van der Waals surface area contributed by atoms with Gasteiger partial charge in [0.2, 0.25) is 0 Å². The Morgan fingerprint density at radius 2 is 1.85 bits per heavy atom. The van der Waals surface area contributed by atoms with E-state index in [-0.39, 0.29) is 5.41 Å². The number of rotatable bonds is 4. The molecule has 0 aromatic heterocycles. The number of ether oxygens (including phenoxy) is 1. The summed E-state index contributed by atoms with van der Waals surface area (Å²) in [6.45, 7) is 9.70. The van der Waals surface area contributed by atoms with Crippen LogP contribution in [0.25, 0.3) is 0 Å². The molecule has 0 aliphatic heterocycles. The molecule has 2 heteroatoms. The van der Waals surface area contributed by atoms with Crippen LogP contribution in [-0.4, -0.2) is 12.4 Å². The van der Waals surface area contributed by atoms with Gasteiger partial charge in [-0.1, -0.05) is 45.7 Å². The van der Waals surface area contributed by atoms with Gasteiger partial charge in [-0.15, -0.1) is 0 Å². The van der Waals surface area contributed by atoms with Crippen molar-refractivity contribution in [2.75, 3.05) is 12.4 Å². The Kier molecular flexibility index (Phi) is 4.73. The van der Waals surface area contributed by atoms with E-state index in [1.807, 2.05) is 0 Å². The third-order valence-corrected chi connectivity index (χ3v) is 5.25. The molecule has 1 saturated carbocycles. The van der Waals surface area contributed by atoms with Crippen LogP contribution in [0.5, 0.6) is 5.75 Å². The zero-order chi connectivity index (χ0) is 14.8. The summed E-state index contributed by atoms with van der Waals surface area (Å²) in [6, 6.07) is 6.60. The van der Waals surface area contributed by atoms with Crippen molar-refractivity contribution in [3.05, 3.63) is 29.3 Å². The van der Waals surface area contributed by atoms with Gasteiger partial charge in [0, 0.05) is 5.41 Å². The monoisotopic (exact) mass is 292 g/mol. The molecule has 20 heavy (non-hydrogen) atoms. The highest BCUT2D eigenvalue weighted by molar-refractivity contribution is 7.80. The fourth-order valence-electron chi connectivity index (χ4n) is 2.98. The summed E-state index contributed by atoms with van der Waals surface area (Å²) < 4.78 is 6.13. The molecule has 1 aromatic carbocycles. The molecule has 1 aromatic rings. The molecular formula is C18H28OS. The normalized spacial score (nSPS) is 18.2. The number of hydrogen-bond donors (Lipinski definition) is 1. The van der Waals surface area contributed by atoms with Gasteiger partial charge in [0.25, 0.3) is 0 Å². The van der Waals surface area contributed by atoms with Gasteiger partial charge in [-0.2, -0.15) is 12.6 Å². The molecule has 1 nitrogen and oxygen atoms in total. The molecule has 0 N–H and O–H groups in total. The predicted molar refractivity (Wildman–Crippen MR) is 90.1 cm³/mol. The molecule has 112 valence electrons. The van der Waals surface area contributed by atoms with E-state index in [1.165, 1.54) is 36.8 Å². The quantitative estimate of drug-likeness (QED) is 0.754. The summed E-state index contributed by atoms with van der Waals surface area (Å²) in [7, 11) is 0. The molecule has 0 atom stereocenters. The Bertz CT molecular complexity index is 453. The summed E-state index contributed by atoms with van der Waals surface area (Å²) >= 11 is 4.55. The highest BCUT2D eigenvalue weighted by Crippen LogP contribution is 2.39. The van der Waals surface area contributed by atoms with E-state index in [1.54, 1.807) is 0 Å². The van der Waals surface area contributed by atoms with E-state index in [2.05, 4.69) is 58.5 Å². The average Bonchev–Trinajstić information content (AvgIpc) is 2.85. The summed E-state index contributed by atoms with van der Waals surface area (Å²) in [5.74, 6) is 1.97. The van der Waals surface area contributed by atoms with Crippen molar-refractivity contribution in [3.63, 3.8) is 0 Å². The number of aryl methyl sites for hydroxylation is 1. The van der Waals surface area contributed by atoms with Gasteiger partial charge in [0.05, 0.1) is 6.61 Å². The topological polar surface area (TPSA) is 9.23 Å². The zero-order valence-electron chi connectivity index (χ0n) is 13.3. The van der Waals surface area contributed by atoms with Gasteiger partial charge in [-0.3, -0.25) is 0 Å². The predicted octanol–water partition coefficient (Wildman–Crippen LogP) is 5.16. The summed E-state index contributed by atoms with van der Waals surface area (Å²) in [5.41, 5.74) is 3.11. The molecule has 0 bridgehead atoms. The third kappa shape index (κ3) is 3.52. The van der Waals surface area contributed by atoms with Crippen LogP contribution < -0.4 is 4.74 Å². The highest BCUT2D eigenvalue weighted by atomic mass is 32.1. The molecule has 0 amide bonds. The minimum atomic E-state index is 0.195. The van der Waals surface area contributed by atoms with E-state index in [0.717, 1.165) is 18.1 Å². The van der Waals surface area contributed by atoms with E-state index in [4.69, 9.17) is 4.74 Å². The van der Waals surface area contributed by atoms with Crippen LogP contribution in [-0.2, 0) is 5.41 Å². The lowest BCUT2D eigenvalue weighted by atomic mass is 9.86. The SMILES string of the molecule is Cc1cc(C(C)(C)C)ccc1OCC1(CS)CCCC1. The van der Waals surface area contributed by atoms with Crippen molar-refractivity contribution in [2.45, 2.75) is 58.8 Å². The molecule has 0 spiro atoms. The van der Waals surface area contributed by atoms with Gasteiger partial charge >= 0.3 is 0 Å². The number of thiol groups is 1. The molecule has 0 radical (unpaired) electrons. The summed E-state index contributed by atoms with van der Waals surface area (Å²) in [4.78, 5) is 0. The maximum absolute atomic E-state index is 6.13. The van der Waals surface area contributed by atoms with Crippen LogP contribution in [0.1, 0.15) is 57.6 Å². The third-order valence-electron chi connectivity index (χ3n) is 4.57. The zero-order valence-corrected chi connectivity index (χ0v) is 14.2. The number of benzene rings is 1. The van der Waals surface area contributed by atoms with Crippen molar-refractivity contribution in [1.29, 1.82) is 0 Å². The number of hydrogen-bond acceptors (Lipinski definition) is 2. The largest absolute Gasteiger partial charge is 0.493 e. The van der Waals surface area contributed by atoms with Crippen molar-refractivity contribution < 1.29 is 4.74 Å². The Morgan fingerprint density at radius 1 is 1.20 bits per heavy atom. The molecule has 0 saturated heterocycles. The van der Waals surface area contributed by atoms with Crippen LogP contribution in [0.4, 0.5) is 0 Å². The van der Waals surface area contributed by atoms with Gasteiger partial charge in [-0.05, 0) is 48.1 Å². The summed E-state index contributed by atoms with van der Waals surface area (Å²) in [5, 5.41) is 0. The Morgan fingerprint density at radius 3 is 2.35 bits per heavy atom. The first-order chi connectivity index (χ1) is 9.36. The minimum absolute atomic E-state index is 0.195. The van der Waals surface area contributed by atoms with Crippen LogP contribution in [0, 0.1) is 12.3 Å². The Labute approximate surface area is 129 Å². The van der Waals surface area contributed by atoms with E-state index in [9.17, 15) is 0 Å². The smallest absolute Gasteiger partial charge is 0.122 e. The van der Waals surface area contributed by atoms with E-state index < -0.39 is 0 Å². The minimum Gasteiger partial charge on any atom is -0.493 e. The fourth-order valence-corrected chi connectivity index (χ4v) is 3.39. The first-order valence-electron chi connectivity index (χ1n) is 7.71. The molecule has 0 unspecified atom stereocenters. The van der Waals surface area contributed by atoms with Crippen LogP contribution in [0.3, 0.4) is 0 Å². The highest BCUT2D eigenvalue weighted by Gasteiger charge is 2.33. The van der Waals surface area contributed by atoms with Gasteiger partial charge in [0.1, 0.15) is 5.75 Å². The van der Waals surface area contributed by atoms with Crippen LogP contribution in [0.15, 0.2) is 18.2 Å². The first-order valence-corrected chi connectivity index (χ1v) is 8.34. The van der Waals surface area contributed by atoms with Crippen molar-refractivity contribution in [3.8, 4) is 5.75 Å². The van der Waals surface area contributed by atoms with Gasteiger partial charge in [-0.25, -0.2) is 0 Å². The lowest BCUT2D eigenvalue weighted by Gasteiger charge is -2.27. The molecule has 0 heterocycles. The van der Waals surface area contributed by atoms with Gasteiger partial charge < -0.3 is 4.74 Å². The van der Waals surface area contributed by atoms with Crippen molar-refractivity contribution in [2.24, 2.45) is 5.41 Å². The van der Waals surface area contributed by atoms with Crippen molar-refractivity contribution in [1.82, 2.24) is 0 Å². The standard InChI is InChI=1S/C18H28OS/c1-14-11-15(17(2,3)4)7-8-16(14)19-12-18(13-20)9-5-6-10-18/h7-8,11,20H,5-6,9-10,12-13H2,1-4H3. The molecule has 2 rings (SSSR count). The lowest BCUT2D eigenvalue weighted by molar-refractivity contribution is 0.172. The maximum atomic E-state index is 6.13. The average molecular weight is 292 g/mol. The Balaban J connectivity index is 2.07. The van der Waals surface area contributed by atoms with E-state index in [0.29, 0.717) is 5.41 Å². The van der Waals surface area contributed by atoms with Crippen molar-refractivity contribution >= 4 is 12.6 Å². The molecule has 1 fully saturated rings. The van der Waals surface area contributed by atoms with Gasteiger partial charge in [0.15, 0.2) is 0 Å². The molecule has 1 aliphatic rings. The van der Waals surface area contributed by atoms with Crippen LogP contribution in [0.2, 0.25) is 0 Å². The Hall–Kier alpha value is -0.630. The van der Waals surface area contributed by atoms with Crippen LogP contribution >= 0.6 is 12.6 Å². The first kappa shape index (κ1) is 15.8. The van der Waals surface area contributed by atoms with E-state index >= 15 is 0 Å². The second kappa shape index (κ2) is 6.01. The molecule has 1 aliphatic carbocycles. The second-order valence-corrected chi connectivity index (χ2v) is 7.70. The molecular weight excluding hydrogens is 264 g/mol. The lowest BCUT2D eigenvalue weighted by Crippen LogP contribution is -2.27. The second-order valence-electron chi connectivity index (χ2n) is 7.38. The summed E-state index contributed by atoms with van der Waals surface area (Å²) in [6.07, 6.45) is 5.17. The fraction of sp³-hybridized carbons (Fsp3) is 0.667.